The van der Waals surface area contributed by atoms with Gasteiger partial charge in [0.25, 0.3) is 0 Å². The van der Waals surface area contributed by atoms with E-state index < -0.39 is 18.1 Å². The van der Waals surface area contributed by atoms with Gasteiger partial charge in [0.05, 0.1) is 7.11 Å². The first kappa shape index (κ1) is 21.4. The molecule has 1 aliphatic rings. The molecule has 0 radical (unpaired) electrons. The summed E-state index contributed by atoms with van der Waals surface area (Å²) in [6.07, 6.45) is 0.966. The van der Waals surface area contributed by atoms with Crippen LogP contribution < -0.4 is 4.74 Å². The Balaban J connectivity index is 1.46. The maximum Gasteiger partial charge on any atom is 0.410 e. The van der Waals surface area contributed by atoms with Crippen LogP contribution in [0, 0.1) is 0 Å². The fourth-order valence-electron chi connectivity index (χ4n) is 4.09. The predicted molar refractivity (Wildman–Crippen MR) is 119 cm³/mol. The second-order valence-electron chi connectivity index (χ2n) is 7.68. The van der Waals surface area contributed by atoms with Crippen molar-refractivity contribution in [3.8, 4) is 17.0 Å². The van der Waals surface area contributed by atoms with E-state index in [4.69, 9.17) is 9.47 Å². The number of ether oxygens (including phenoxy) is 2. The van der Waals surface area contributed by atoms with Crippen LogP contribution >= 0.6 is 0 Å². The van der Waals surface area contributed by atoms with Gasteiger partial charge in [0.2, 0.25) is 5.88 Å². The van der Waals surface area contributed by atoms with Crippen molar-refractivity contribution in [2.45, 2.75) is 18.4 Å². The molecule has 7 nitrogen and oxygen atoms in total. The molecule has 0 aliphatic heterocycles. The van der Waals surface area contributed by atoms with Crippen molar-refractivity contribution in [2.75, 3.05) is 20.8 Å². The van der Waals surface area contributed by atoms with Gasteiger partial charge in [-0.2, -0.15) is 0 Å². The minimum absolute atomic E-state index is 0.0891. The molecule has 1 amide bonds. The van der Waals surface area contributed by atoms with Crippen LogP contribution in [0.3, 0.4) is 0 Å². The molecule has 0 saturated heterocycles. The summed E-state index contributed by atoms with van der Waals surface area (Å²) in [6.45, 7) is 0.133. The van der Waals surface area contributed by atoms with Gasteiger partial charge < -0.3 is 14.6 Å². The van der Waals surface area contributed by atoms with Crippen LogP contribution in [-0.2, 0) is 16.0 Å². The van der Waals surface area contributed by atoms with E-state index in [2.05, 4.69) is 17.1 Å². The number of likely N-dealkylation sites (N-methyl/N-ethyl adjacent to an activating group) is 1. The molecule has 1 aliphatic carbocycles. The third-order valence-corrected chi connectivity index (χ3v) is 5.81. The number of carboxylic acid groups (broad SMARTS) is 1. The third kappa shape index (κ3) is 4.14. The molecule has 3 aromatic rings. The van der Waals surface area contributed by atoms with Crippen LogP contribution in [0.1, 0.15) is 22.6 Å². The number of carboxylic acids is 1. The Kier molecular flexibility index (Phi) is 6.07. The number of methoxy groups -OCH3 is 1. The zero-order chi connectivity index (χ0) is 22.7. The fraction of sp³-hybridized carbons (Fsp3) is 0.240. The molecule has 1 heterocycles. The zero-order valence-electron chi connectivity index (χ0n) is 17.9. The minimum atomic E-state index is -1.11. The van der Waals surface area contributed by atoms with Crippen LogP contribution in [0.15, 0.2) is 66.9 Å². The monoisotopic (exact) mass is 432 g/mol. The highest BCUT2D eigenvalue weighted by Gasteiger charge is 2.32. The summed E-state index contributed by atoms with van der Waals surface area (Å²) in [5.41, 5.74) is 5.14. The number of carbonyl (C=O) groups excluding carboxylic acids is 1. The predicted octanol–water partition coefficient (Wildman–Crippen LogP) is 3.97. The largest absolute Gasteiger partial charge is 0.481 e. The normalized spacial score (nSPS) is 13.1. The summed E-state index contributed by atoms with van der Waals surface area (Å²) < 4.78 is 10.6. The van der Waals surface area contributed by atoms with Crippen molar-refractivity contribution in [3.63, 3.8) is 0 Å². The number of amides is 1. The molecule has 7 heteroatoms. The molecule has 0 fully saturated rings. The van der Waals surface area contributed by atoms with E-state index >= 15 is 0 Å². The molecule has 4 rings (SSSR count). The third-order valence-electron chi connectivity index (χ3n) is 5.81. The molecule has 1 N–H and O–H groups in total. The number of carbonyl (C=O) groups is 2. The number of nitrogens with zero attached hydrogens (tertiary/aromatic N) is 2. The molecule has 0 unspecified atom stereocenters. The summed E-state index contributed by atoms with van der Waals surface area (Å²) >= 11 is 0. The van der Waals surface area contributed by atoms with Gasteiger partial charge in [0.15, 0.2) is 0 Å². The zero-order valence-corrected chi connectivity index (χ0v) is 17.9. The van der Waals surface area contributed by atoms with Gasteiger partial charge in [0, 0.05) is 31.6 Å². The molecule has 0 saturated carbocycles. The summed E-state index contributed by atoms with van der Waals surface area (Å²) in [6, 6.07) is 18.4. The number of fused-ring (bicyclic) bond motifs is 3. The second kappa shape index (κ2) is 9.09. The van der Waals surface area contributed by atoms with Crippen LogP contribution in [0.25, 0.3) is 11.1 Å². The van der Waals surface area contributed by atoms with Crippen molar-refractivity contribution < 1.29 is 24.2 Å². The average molecular weight is 432 g/mol. The molecular formula is C25H24N2O5. The quantitative estimate of drug-likeness (QED) is 0.608. The Hall–Kier alpha value is -3.87. The lowest BCUT2D eigenvalue weighted by Crippen LogP contribution is -2.44. The number of hydrogen-bond donors (Lipinski definition) is 1. The number of hydrogen-bond acceptors (Lipinski definition) is 5. The van der Waals surface area contributed by atoms with Gasteiger partial charge in [0.1, 0.15) is 12.6 Å². The summed E-state index contributed by atoms with van der Waals surface area (Å²) in [5, 5.41) is 9.70. The molecule has 1 aromatic heterocycles. The maximum absolute atomic E-state index is 12.8. The number of aromatic nitrogens is 1. The Morgan fingerprint density at radius 1 is 1.03 bits per heavy atom. The topological polar surface area (TPSA) is 89.0 Å². The van der Waals surface area contributed by atoms with E-state index in [0.717, 1.165) is 27.2 Å². The Bertz CT molecular complexity index is 1080. The standard InChI is InChI=1S/C25H24N2O5/c1-27(22(24(28)29)13-16-11-12-23(31-2)26-14-16)25(30)32-15-21-19-9-5-3-7-17(19)18-8-4-6-10-20(18)21/h3-12,14,21-22H,13,15H2,1-2H3,(H,28,29)/t22-/m1/s1. The van der Waals surface area contributed by atoms with Crippen molar-refractivity contribution in [3.05, 3.63) is 83.6 Å². The number of aliphatic carboxylic acids is 1. The van der Waals surface area contributed by atoms with E-state index in [1.54, 1.807) is 18.3 Å². The van der Waals surface area contributed by atoms with Gasteiger partial charge in [-0.1, -0.05) is 54.6 Å². The lowest BCUT2D eigenvalue weighted by molar-refractivity contribution is -0.142. The van der Waals surface area contributed by atoms with Gasteiger partial charge in [-0.3, -0.25) is 4.90 Å². The van der Waals surface area contributed by atoms with Gasteiger partial charge >= 0.3 is 12.1 Å². The summed E-state index contributed by atoms with van der Waals surface area (Å²) in [7, 11) is 2.95. The van der Waals surface area contributed by atoms with E-state index in [-0.39, 0.29) is 18.9 Å². The SMILES string of the molecule is COc1ccc(C[C@H](C(=O)O)N(C)C(=O)OCC2c3ccccc3-c3ccccc32)cn1. The van der Waals surface area contributed by atoms with Crippen molar-refractivity contribution in [1.29, 1.82) is 0 Å². The first-order valence-electron chi connectivity index (χ1n) is 10.3. The van der Waals surface area contributed by atoms with E-state index in [1.165, 1.54) is 14.2 Å². The Labute approximate surface area is 186 Å². The van der Waals surface area contributed by atoms with E-state index in [9.17, 15) is 14.7 Å². The Morgan fingerprint density at radius 3 is 2.19 bits per heavy atom. The highest BCUT2D eigenvalue weighted by Crippen LogP contribution is 2.44. The molecule has 164 valence electrons. The van der Waals surface area contributed by atoms with Crippen molar-refractivity contribution >= 4 is 12.1 Å². The van der Waals surface area contributed by atoms with E-state index in [0.29, 0.717) is 11.4 Å². The summed E-state index contributed by atoms with van der Waals surface area (Å²) in [4.78, 5) is 29.9. The van der Waals surface area contributed by atoms with Crippen LogP contribution in [0.5, 0.6) is 5.88 Å². The first-order chi connectivity index (χ1) is 15.5. The van der Waals surface area contributed by atoms with Crippen molar-refractivity contribution in [2.24, 2.45) is 0 Å². The molecular weight excluding hydrogens is 408 g/mol. The maximum atomic E-state index is 12.8. The fourth-order valence-corrected chi connectivity index (χ4v) is 4.09. The minimum Gasteiger partial charge on any atom is -0.481 e. The second-order valence-corrected chi connectivity index (χ2v) is 7.68. The van der Waals surface area contributed by atoms with Crippen LogP contribution in [0.2, 0.25) is 0 Å². The summed E-state index contributed by atoms with van der Waals surface area (Å²) in [5.74, 6) is -0.767. The van der Waals surface area contributed by atoms with Gasteiger partial charge in [-0.15, -0.1) is 0 Å². The molecule has 1 atom stereocenters. The lowest BCUT2D eigenvalue weighted by atomic mass is 9.98. The molecule has 0 bridgehead atoms. The van der Waals surface area contributed by atoms with Gasteiger partial charge in [-0.05, 0) is 27.8 Å². The lowest BCUT2D eigenvalue weighted by Gasteiger charge is -2.25. The molecule has 2 aromatic carbocycles. The van der Waals surface area contributed by atoms with Crippen molar-refractivity contribution in [1.82, 2.24) is 9.88 Å². The number of benzene rings is 2. The number of pyridine rings is 1. The Morgan fingerprint density at radius 2 is 1.66 bits per heavy atom. The highest BCUT2D eigenvalue weighted by atomic mass is 16.6. The average Bonchev–Trinajstić information content (AvgIpc) is 3.14. The van der Waals surface area contributed by atoms with Gasteiger partial charge in [-0.25, -0.2) is 14.6 Å². The molecule has 0 spiro atoms. The molecule has 32 heavy (non-hydrogen) atoms. The van der Waals surface area contributed by atoms with Crippen LogP contribution in [0.4, 0.5) is 4.79 Å². The van der Waals surface area contributed by atoms with Crippen LogP contribution in [-0.4, -0.2) is 53.9 Å². The number of rotatable bonds is 7. The smallest absolute Gasteiger partial charge is 0.410 e. The highest BCUT2D eigenvalue weighted by molar-refractivity contribution is 5.81. The first-order valence-corrected chi connectivity index (χ1v) is 10.3. The van der Waals surface area contributed by atoms with E-state index in [1.807, 2.05) is 36.4 Å².